The van der Waals surface area contributed by atoms with Gasteiger partial charge in [-0.3, -0.25) is 0 Å². The first-order chi connectivity index (χ1) is 15.5. The van der Waals surface area contributed by atoms with Gasteiger partial charge in [-0.05, 0) is 100 Å². The fourth-order valence-corrected chi connectivity index (χ4v) is 5.83. The third kappa shape index (κ3) is 4.20. The Morgan fingerprint density at radius 1 is 1.00 bits per heavy atom. The van der Waals surface area contributed by atoms with E-state index in [0.29, 0.717) is 11.8 Å². The topological polar surface area (TPSA) is 35.2 Å². The predicted octanol–water partition coefficient (Wildman–Crippen LogP) is 5.77. The smallest absolute Gasteiger partial charge is 0.213 e. The highest BCUT2D eigenvalue weighted by atomic mass is 19.1. The molecule has 2 aromatic heterocycles. The van der Waals surface area contributed by atoms with E-state index in [1.165, 1.54) is 74.4 Å². The van der Waals surface area contributed by atoms with Gasteiger partial charge in [0.05, 0.1) is 5.69 Å². The number of halogens is 1. The molecular weight excluding hydrogens is 399 g/mol. The summed E-state index contributed by atoms with van der Waals surface area (Å²) in [7, 11) is 2.24. The maximum absolute atomic E-state index is 13.8. The lowest BCUT2D eigenvalue weighted by Crippen LogP contribution is -2.46. The molecule has 2 aliphatic heterocycles. The molecule has 32 heavy (non-hydrogen) atoms. The monoisotopic (exact) mass is 434 g/mol. The summed E-state index contributed by atoms with van der Waals surface area (Å²) in [5.74, 6) is 0.531. The van der Waals surface area contributed by atoms with E-state index in [9.17, 15) is 4.39 Å². The van der Waals surface area contributed by atoms with Crippen LogP contribution >= 0.6 is 0 Å². The lowest BCUT2D eigenvalue weighted by atomic mass is 9.86. The zero-order chi connectivity index (χ0) is 22.2. The number of fused-ring (bicyclic) bond motifs is 1. The summed E-state index contributed by atoms with van der Waals surface area (Å²) in [5, 5.41) is 1.28. The van der Waals surface area contributed by atoms with E-state index in [1.807, 2.05) is 6.07 Å². The van der Waals surface area contributed by atoms with Crippen LogP contribution in [0.3, 0.4) is 0 Å². The molecule has 5 rings (SSSR count). The zero-order valence-electron chi connectivity index (χ0n) is 19.6. The molecule has 0 unspecified atom stereocenters. The van der Waals surface area contributed by atoms with Crippen molar-refractivity contribution in [3.63, 3.8) is 0 Å². The van der Waals surface area contributed by atoms with E-state index in [-0.39, 0.29) is 0 Å². The molecule has 4 heterocycles. The molecule has 0 bridgehead atoms. The molecule has 1 aromatic carbocycles. The Kier molecular flexibility index (Phi) is 6.04. The first-order valence-corrected chi connectivity index (χ1v) is 12.2. The Balaban J connectivity index is 1.38. The molecule has 5 heteroatoms. The van der Waals surface area contributed by atoms with Crippen LogP contribution in [-0.4, -0.2) is 59.0 Å². The predicted molar refractivity (Wildman–Crippen MR) is 130 cm³/mol. The molecule has 2 fully saturated rings. The van der Waals surface area contributed by atoms with Crippen LogP contribution in [0.15, 0.2) is 36.5 Å². The Labute approximate surface area is 190 Å². The van der Waals surface area contributed by atoms with Crippen molar-refractivity contribution >= 4 is 10.9 Å². The van der Waals surface area contributed by atoms with Crippen molar-refractivity contribution in [2.75, 3.05) is 33.2 Å². The molecule has 4 nitrogen and oxygen atoms in total. The lowest BCUT2D eigenvalue weighted by molar-refractivity contribution is 0.0966. The van der Waals surface area contributed by atoms with Gasteiger partial charge in [0, 0.05) is 34.8 Å². The van der Waals surface area contributed by atoms with E-state index in [4.69, 9.17) is 0 Å². The van der Waals surface area contributed by atoms with Gasteiger partial charge in [-0.15, -0.1) is 0 Å². The van der Waals surface area contributed by atoms with Crippen LogP contribution in [0.4, 0.5) is 4.39 Å². The van der Waals surface area contributed by atoms with Crippen molar-refractivity contribution in [1.29, 1.82) is 0 Å². The average Bonchev–Trinajstić information content (AvgIpc) is 3.19. The first kappa shape index (κ1) is 21.6. The third-order valence-electron chi connectivity index (χ3n) is 7.66. The number of benzene rings is 1. The summed E-state index contributed by atoms with van der Waals surface area (Å²) in [4.78, 5) is 12.5. The fraction of sp³-hybridized carbons (Fsp3) is 0.519. The summed E-state index contributed by atoms with van der Waals surface area (Å²) in [6.45, 7) is 9.32. The van der Waals surface area contributed by atoms with Crippen LogP contribution in [0.1, 0.15) is 62.5 Å². The highest BCUT2D eigenvalue weighted by molar-refractivity contribution is 5.92. The van der Waals surface area contributed by atoms with Crippen LogP contribution in [0, 0.1) is 5.95 Å². The van der Waals surface area contributed by atoms with Crippen LogP contribution in [0.2, 0.25) is 0 Å². The van der Waals surface area contributed by atoms with Gasteiger partial charge in [-0.25, -0.2) is 4.98 Å². The van der Waals surface area contributed by atoms with Crippen LogP contribution in [0.5, 0.6) is 0 Å². The number of nitrogens with zero attached hydrogens (tertiary/aromatic N) is 3. The Morgan fingerprint density at radius 2 is 1.75 bits per heavy atom. The molecular formula is C27H35FN4. The van der Waals surface area contributed by atoms with Gasteiger partial charge in [0.2, 0.25) is 5.95 Å². The minimum Gasteiger partial charge on any atom is -0.354 e. The van der Waals surface area contributed by atoms with Crippen molar-refractivity contribution in [3.8, 4) is 11.3 Å². The van der Waals surface area contributed by atoms with Crippen molar-refractivity contribution in [1.82, 2.24) is 19.8 Å². The Morgan fingerprint density at radius 3 is 2.44 bits per heavy atom. The van der Waals surface area contributed by atoms with E-state index in [1.54, 1.807) is 6.20 Å². The highest BCUT2D eigenvalue weighted by Crippen LogP contribution is 2.38. The third-order valence-corrected chi connectivity index (χ3v) is 7.66. The zero-order valence-corrected chi connectivity index (χ0v) is 19.6. The maximum atomic E-state index is 13.8. The number of piperidine rings is 2. The van der Waals surface area contributed by atoms with Gasteiger partial charge in [0.1, 0.15) is 0 Å². The second-order valence-corrected chi connectivity index (χ2v) is 10.1. The van der Waals surface area contributed by atoms with Gasteiger partial charge >= 0.3 is 0 Å². The van der Waals surface area contributed by atoms with Crippen LogP contribution in [0.25, 0.3) is 22.2 Å². The van der Waals surface area contributed by atoms with Crippen LogP contribution < -0.4 is 0 Å². The summed E-state index contributed by atoms with van der Waals surface area (Å²) in [6, 6.07) is 11.1. The second kappa shape index (κ2) is 8.95. The van der Waals surface area contributed by atoms with Crippen molar-refractivity contribution < 1.29 is 4.39 Å². The average molecular weight is 435 g/mol. The van der Waals surface area contributed by atoms with Gasteiger partial charge in [-0.2, -0.15) is 4.39 Å². The number of hydrogen-bond donors (Lipinski definition) is 1. The molecule has 0 radical (unpaired) electrons. The fourth-order valence-electron chi connectivity index (χ4n) is 5.83. The molecule has 0 spiro atoms. The Bertz CT molecular complexity index is 1070. The van der Waals surface area contributed by atoms with Gasteiger partial charge < -0.3 is 14.8 Å². The number of nitrogens with one attached hydrogen (secondary N) is 1. The SMILES string of the molecule is CC(C)c1c(-c2ccnc(F)c2)[nH]c2ccc(C3CCN(C4CCN(C)CC4)CC3)cc12. The van der Waals surface area contributed by atoms with E-state index < -0.39 is 5.95 Å². The van der Waals surface area contributed by atoms with Crippen molar-refractivity contribution in [3.05, 3.63) is 53.6 Å². The van der Waals surface area contributed by atoms with Gasteiger partial charge in [-0.1, -0.05) is 19.9 Å². The second-order valence-electron chi connectivity index (χ2n) is 10.1. The minimum absolute atomic E-state index is 0.344. The van der Waals surface area contributed by atoms with E-state index in [2.05, 4.69) is 58.9 Å². The lowest BCUT2D eigenvalue weighted by Gasteiger charge is -2.41. The largest absolute Gasteiger partial charge is 0.354 e. The number of hydrogen-bond acceptors (Lipinski definition) is 3. The first-order valence-electron chi connectivity index (χ1n) is 12.2. The molecule has 2 aliphatic rings. The highest BCUT2D eigenvalue weighted by Gasteiger charge is 2.28. The number of likely N-dealkylation sites (tertiary alicyclic amines) is 2. The summed E-state index contributed by atoms with van der Waals surface area (Å²) in [5.41, 5.74) is 5.74. The van der Waals surface area contributed by atoms with Crippen molar-refractivity contribution in [2.45, 2.75) is 57.4 Å². The number of aromatic nitrogens is 2. The molecule has 170 valence electrons. The normalized spacial score (nSPS) is 19.9. The van der Waals surface area contributed by atoms with E-state index >= 15 is 0 Å². The molecule has 2 saturated heterocycles. The number of rotatable bonds is 4. The summed E-state index contributed by atoms with van der Waals surface area (Å²) < 4.78 is 13.8. The maximum Gasteiger partial charge on any atom is 0.213 e. The quantitative estimate of drug-likeness (QED) is 0.530. The molecule has 1 N–H and O–H groups in total. The molecule has 0 aliphatic carbocycles. The summed E-state index contributed by atoms with van der Waals surface area (Å²) in [6.07, 6.45) is 6.65. The van der Waals surface area contributed by atoms with E-state index in [0.717, 1.165) is 22.8 Å². The van der Waals surface area contributed by atoms with Crippen LogP contribution in [-0.2, 0) is 0 Å². The van der Waals surface area contributed by atoms with Crippen molar-refractivity contribution in [2.24, 2.45) is 0 Å². The number of H-pyrrole nitrogens is 1. The minimum atomic E-state index is -0.437. The summed E-state index contributed by atoms with van der Waals surface area (Å²) >= 11 is 0. The standard InChI is InChI=1S/C27H35FN4/c1-18(2)26-23-16-20(4-5-24(23)30-27(26)21-6-11-29-25(28)17-21)19-7-14-32(15-8-19)22-9-12-31(3)13-10-22/h4-6,11,16-19,22,30H,7-10,12-15H2,1-3H3. The van der Waals surface area contributed by atoms with Gasteiger partial charge in [0.15, 0.2) is 0 Å². The molecule has 0 atom stereocenters. The molecule has 0 saturated carbocycles. The van der Waals surface area contributed by atoms with Gasteiger partial charge in [0.25, 0.3) is 0 Å². The number of aromatic amines is 1. The number of pyridine rings is 1. The molecule has 0 amide bonds. The molecule has 3 aromatic rings. The Hall–Kier alpha value is -2.24.